The van der Waals surface area contributed by atoms with Crippen LogP contribution >= 0.6 is 0 Å². The molecule has 0 saturated heterocycles. The highest BCUT2D eigenvalue weighted by molar-refractivity contribution is 4.98. The molecular formula is C12H24. The largest absolute Gasteiger partial charge is 0.0825 e. The van der Waals surface area contributed by atoms with Crippen LogP contribution in [-0.2, 0) is 0 Å². The van der Waals surface area contributed by atoms with Crippen LogP contribution in [0.4, 0.5) is 0 Å². The second kappa shape index (κ2) is 6.28. The van der Waals surface area contributed by atoms with Gasteiger partial charge >= 0.3 is 0 Å². The smallest absolute Gasteiger partial charge is 0.0206 e. The maximum atomic E-state index is 2.44. The van der Waals surface area contributed by atoms with Gasteiger partial charge in [-0.25, -0.2) is 0 Å². The summed E-state index contributed by atoms with van der Waals surface area (Å²) < 4.78 is 0. The SMILES string of the molecule is CCCC(C=C(C)C)C(C)CC. The van der Waals surface area contributed by atoms with E-state index in [4.69, 9.17) is 0 Å². The summed E-state index contributed by atoms with van der Waals surface area (Å²) in [6.45, 7) is 11.3. The molecule has 0 nitrogen and oxygen atoms in total. The van der Waals surface area contributed by atoms with E-state index in [-0.39, 0.29) is 0 Å². The Morgan fingerprint density at radius 1 is 1.25 bits per heavy atom. The molecule has 0 radical (unpaired) electrons. The minimum Gasteiger partial charge on any atom is -0.0825 e. The summed E-state index contributed by atoms with van der Waals surface area (Å²) in [5.41, 5.74) is 1.47. The van der Waals surface area contributed by atoms with E-state index in [2.05, 4.69) is 40.7 Å². The van der Waals surface area contributed by atoms with Crippen molar-refractivity contribution in [2.75, 3.05) is 0 Å². The van der Waals surface area contributed by atoms with Gasteiger partial charge in [0.05, 0.1) is 0 Å². The highest BCUT2D eigenvalue weighted by Crippen LogP contribution is 2.22. The van der Waals surface area contributed by atoms with Crippen LogP contribution in [0.2, 0.25) is 0 Å². The molecule has 0 aliphatic carbocycles. The van der Waals surface area contributed by atoms with Crippen LogP contribution in [0.1, 0.15) is 53.9 Å². The predicted octanol–water partition coefficient (Wildman–Crippen LogP) is 4.42. The fraction of sp³-hybridized carbons (Fsp3) is 0.833. The lowest BCUT2D eigenvalue weighted by Crippen LogP contribution is -2.08. The summed E-state index contributed by atoms with van der Waals surface area (Å²) in [6, 6.07) is 0. The van der Waals surface area contributed by atoms with Crippen molar-refractivity contribution in [2.24, 2.45) is 11.8 Å². The summed E-state index contributed by atoms with van der Waals surface area (Å²) in [4.78, 5) is 0. The Morgan fingerprint density at radius 3 is 2.17 bits per heavy atom. The van der Waals surface area contributed by atoms with E-state index in [9.17, 15) is 0 Å². The summed E-state index contributed by atoms with van der Waals surface area (Å²) in [7, 11) is 0. The monoisotopic (exact) mass is 168 g/mol. The topological polar surface area (TPSA) is 0 Å². The van der Waals surface area contributed by atoms with Gasteiger partial charge in [-0.05, 0) is 32.1 Å². The van der Waals surface area contributed by atoms with Crippen molar-refractivity contribution in [2.45, 2.75) is 53.9 Å². The average Bonchev–Trinajstić information content (AvgIpc) is 2.01. The predicted molar refractivity (Wildman–Crippen MR) is 57.3 cm³/mol. The Bertz CT molecular complexity index is 129. The van der Waals surface area contributed by atoms with Crippen molar-refractivity contribution in [3.05, 3.63) is 11.6 Å². The van der Waals surface area contributed by atoms with Gasteiger partial charge in [-0.3, -0.25) is 0 Å². The molecule has 72 valence electrons. The van der Waals surface area contributed by atoms with E-state index in [0.717, 1.165) is 11.8 Å². The number of rotatable bonds is 5. The van der Waals surface area contributed by atoms with E-state index < -0.39 is 0 Å². The second-order valence-corrected chi connectivity index (χ2v) is 4.08. The van der Waals surface area contributed by atoms with Crippen molar-refractivity contribution in [3.63, 3.8) is 0 Å². The Morgan fingerprint density at radius 2 is 1.83 bits per heavy atom. The molecule has 0 fully saturated rings. The van der Waals surface area contributed by atoms with Crippen LogP contribution in [0.25, 0.3) is 0 Å². The van der Waals surface area contributed by atoms with Crippen LogP contribution in [0.3, 0.4) is 0 Å². The Balaban J connectivity index is 4.12. The lowest BCUT2D eigenvalue weighted by Gasteiger charge is -2.19. The van der Waals surface area contributed by atoms with Crippen LogP contribution in [0, 0.1) is 11.8 Å². The highest BCUT2D eigenvalue weighted by atomic mass is 14.2. The van der Waals surface area contributed by atoms with Gasteiger partial charge in [0.1, 0.15) is 0 Å². The zero-order chi connectivity index (χ0) is 9.56. The molecule has 0 aliphatic rings. The molecule has 0 rings (SSSR count). The van der Waals surface area contributed by atoms with E-state index in [1.165, 1.54) is 24.8 Å². The maximum absolute atomic E-state index is 2.44. The normalized spacial score (nSPS) is 15.4. The molecular weight excluding hydrogens is 144 g/mol. The average molecular weight is 168 g/mol. The quantitative estimate of drug-likeness (QED) is 0.533. The molecule has 0 heterocycles. The van der Waals surface area contributed by atoms with Crippen molar-refractivity contribution in [3.8, 4) is 0 Å². The first-order valence-electron chi connectivity index (χ1n) is 5.26. The Labute approximate surface area is 78.1 Å². The van der Waals surface area contributed by atoms with Gasteiger partial charge in [0.15, 0.2) is 0 Å². The standard InChI is InChI=1S/C12H24/c1-6-8-12(9-10(3)4)11(5)7-2/h9,11-12H,6-8H2,1-5H3. The number of hydrogen-bond donors (Lipinski definition) is 0. The number of hydrogen-bond acceptors (Lipinski definition) is 0. The molecule has 12 heavy (non-hydrogen) atoms. The van der Waals surface area contributed by atoms with Crippen molar-refractivity contribution in [1.82, 2.24) is 0 Å². The number of allylic oxidation sites excluding steroid dienone is 2. The van der Waals surface area contributed by atoms with E-state index in [1.54, 1.807) is 0 Å². The molecule has 0 aromatic carbocycles. The third kappa shape index (κ3) is 4.58. The van der Waals surface area contributed by atoms with Crippen LogP contribution in [0.15, 0.2) is 11.6 Å². The van der Waals surface area contributed by atoms with Gasteiger partial charge in [-0.1, -0.05) is 45.3 Å². The van der Waals surface area contributed by atoms with Gasteiger partial charge < -0.3 is 0 Å². The summed E-state index contributed by atoms with van der Waals surface area (Å²) >= 11 is 0. The lowest BCUT2D eigenvalue weighted by molar-refractivity contribution is 0.388. The molecule has 0 spiro atoms. The summed E-state index contributed by atoms with van der Waals surface area (Å²) in [5, 5.41) is 0. The molecule has 0 N–H and O–H groups in total. The highest BCUT2D eigenvalue weighted by Gasteiger charge is 2.11. The van der Waals surface area contributed by atoms with Crippen LogP contribution in [0.5, 0.6) is 0 Å². The molecule has 2 atom stereocenters. The fourth-order valence-corrected chi connectivity index (χ4v) is 1.60. The van der Waals surface area contributed by atoms with Gasteiger partial charge in [-0.2, -0.15) is 0 Å². The first kappa shape index (κ1) is 11.7. The summed E-state index contributed by atoms with van der Waals surface area (Å²) in [6.07, 6.45) is 6.39. The molecule has 0 bridgehead atoms. The molecule has 0 saturated carbocycles. The lowest BCUT2D eigenvalue weighted by atomic mass is 9.87. The third-order valence-electron chi connectivity index (χ3n) is 2.54. The minimum absolute atomic E-state index is 0.810. The van der Waals surface area contributed by atoms with Gasteiger partial charge in [0.25, 0.3) is 0 Å². The first-order valence-corrected chi connectivity index (χ1v) is 5.26. The molecule has 0 heteroatoms. The Hall–Kier alpha value is -0.260. The van der Waals surface area contributed by atoms with Gasteiger partial charge in [-0.15, -0.1) is 0 Å². The Kier molecular flexibility index (Phi) is 6.14. The minimum atomic E-state index is 0.810. The fourth-order valence-electron chi connectivity index (χ4n) is 1.60. The zero-order valence-electron chi connectivity index (χ0n) is 9.35. The van der Waals surface area contributed by atoms with Crippen LogP contribution < -0.4 is 0 Å². The molecule has 2 unspecified atom stereocenters. The molecule has 0 aromatic heterocycles. The third-order valence-corrected chi connectivity index (χ3v) is 2.54. The first-order chi connectivity index (χ1) is 5.61. The van der Waals surface area contributed by atoms with Gasteiger partial charge in [0.2, 0.25) is 0 Å². The van der Waals surface area contributed by atoms with Crippen molar-refractivity contribution < 1.29 is 0 Å². The molecule has 0 amide bonds. The maximum Gasteiger partial charge on any atom is -0.0206 e. The summed E-state index contributed by atoms with van der Waals surface area (Å²) in [5.74, 6) is 1.66. The van der Waals surface area contributed by atoms with Crippen molar-refractivity contribution >= 4 is 0 Å². The van der Waals surface area contributed by atoms with Crippen molar-refractivity contribution in [1.29, 1.82) is 0 Å². The zero-order valence-corrected chi connectivity index (χ0v) is 9.35. The van der Waals surface area contributed by atoms with E-state index >= 15 is 0 Å². The molecule has 0 aliphatic heterocycles. The van der Waals surface area contributed by atoms with E-state index in [1.807, 2.05) is 0 Å². The second-order valence-electron chi connectivity index (χ2n) is 4.08. The van der Waals surface area contributed by atoms with E-state index in [0.29, 0.717) is 0 Å². The van der Waals surface area contributed by atoms with Crippen LogP contribution in [-0.4, -0.2) is 0 Å². The molecule has 0 aromatic rings. The van der Waals surface area contributed by atoms with Gasteiger partial charge in [0, 0.05) is 0 Å².